The van der Waals surface area contributed by atoms with Crippen molar-refractivity contribution in [2.45, 2.75) is 58.5 Å². The van der Waals surface area contributed by atoms with Crippen LogP contribution in [-0.2, 0) is 17.8 Å². The number of carbonyl (C=O) groups excluding carboxylic acids is 1. The number of hydrogen-bond acceptors (Lipinski definition) is 7. The molecule has 0 saturated carbocycles. The third-order valence-electron chi connectivity index (χ3n) is 5.87. The number of thiazole rings is 1. The van der Waals surface area contributed by atoms with Crippen LogP contribution in [0.3, 0.4) is 0 Å². The van der Waals surface area contributed by atoms with E-state index in [0.29, 0.717) is 37.4 Å². The van der Waals surface area contributed by atoms with Gasteiger partial charge in [0, 0.05) is 19.2 Å². The number of allylic oxidation sites excluding steroid dienone is 4. The molecule has 1 aliphatic heterocycles. The quantitative estimate of drug-likeness (QED) is 0.335. The first-order chi connectivity index (χ1) is 16.6. The number of rotatable bonds is 10. The third kappa shape index (κ3) is 5.41. The maximum Gasteiger partial charge on any atom is 0.277 e. The molecule has 0 spiro atoms. The second-order valence-corrected chi connectivity index (χ2v) is 9.31. The number of anilines is 1. The Morgan fingerprint density at radius 2 is 2.24 bits per heavy atom. The van der Waals surface area contributed by atoms with Crippen molar-refractivity contribution in [2.24, 2.45) is 0 Å². The van der Waals surface area contributed by atoms with E-state index in [0.717, 1.165) is 34.5 Å². The Hall–Kier alpha value is -3.33. The molecule has 1 atom stereocenters. The average molecular weight is 479 g/mol. The van der Waals surface area contributed by atoms with Crippen molar-refractivity contribution in [2.75, 3.05) is 11.9 Å². The zero-order valence-corrected chi connectivity index (χ0v) is 20.4. The highest BCUT2D eigenvalue weighted by molar-refractivity contribution is 7.18. The Labute approximate surface area is 202 Å². The molecule has 0 aromatic carbocycles. The van der Waals surface area contributed by atoms with Crippen LogP contribution in [0.15, 0.2) is 53.3 Å². The van der Waals surface area contributed by atoms with Crippen molar-refractivity contribution in [3.8, 4) is 0 Å². The lowest BCUT2D eigenvalue weighted by Gasteiger charge is -2.15. The van der Waals surface area contributed by atoms with Gasteiger partial charge in [0.05, 0.1) is 29.2 Å². The van der Waals surface area contributed by atoms with Gasteiger partial charge in [0.25, 0.3) is 5.56 Å². The third-order valence-corrected chi connectivity index (χ3v) is 6.91. The number of amides is 1. The Kier molecular flexibility index (Phi) is 7.84. The van der Waals surface area contributed by atoms with Crippen LogP contribution in [0.4, 0.5) is 5.69 Å². The lowest BCUT2D eigenvalue weighted by atomic mass is 10.1. The first kappa shape index (κ1) is 23.8. The van der Waals surface area contributed by atoms with E-state index in [4.69, 9.17) is 0 Å². The van der Waals surface area contributed by atoms with E-state index in [9.17, 15) is 9.59 Å². The van der Waals surface area contributed by atoms with Crippen LogP contribution in [0.5, 0.6) is 0 Å². The van der Waals surface area contributed by atoms with Crippen molar-refractivity contribution in [3.05, 3.63) is 69.6 Å². The highest BCUT2D eigenvalue weighted by Gasteiger charge is 2.31. The molecule has 3 aromatic heterocycles. The molecule has 0 radical (unpaired) electrons. The summed E-state index contributed by atoms with van der Waals surface area (Å²) in [5.41, 5.74) is 2.36. The fourth-order valence-corrected chi connectivity index (χ4v) is 4.94. The molecule has 0 saturated heterocycles. The number of fused-ring (bicyclic) bond motifs is 2. The molecule has 2 N–H and O–H groups in total. The second kappa shape index (κ2) is 11.2. The largest absolute Gasteiger partial charge is 0.379 e. The highest BCUT2D eigenvalue weighted by atomic mass is 32.1. The van der Waals surface area contributed by atoms with Gasteiger partial charge in [-0.3, -0.25) is 19.1 Å². The Morgan fingerprint density at radius 3 is 3.03 bits per heavy atom. The van der Waals surface area contributed by atoms with Gasteiger partial charge in [-0.05, 0) is 38.7 Å². The Morgan fingerprint density at radius 1 is 1.35 bits per heavy atom. The van der Waals surface area contributed by atoms with Gasteiger partial charge in [0.15, 0.2) is 0 Å². The van der Waals surface area contributed by atoms with Crippen molar-refractivity contribution in [3.63, 3.8) is 0 Å². The van der Waals surface area contributed by atoms with Crippen LogP contribution in [-0.4, -0.2) is 32.0 Å². The maximum atomic E-state index is 13.1. The van der Waals surface area contributed by atoms with Crippen molar-refractivity contribution >= 4 is 33.1 Å². The molecule has 3 aromatic rings. The Bertz CT molecular complexity index is 1240. The molecule has 9 heteroatoms. The monoisotopic (exact) mass is 478 g/mol. The maximum absolute atomic E-state index is 13.1. The average Bonchev–Trinajstić information content (AvgIpc) is 3.48. The van der Waals surface area contributed by atoms with Gasteiger partial charge in [-0.2, -0.15) is 0 Å². The fraction of sp³-hybridized carbons (Fsp3) is 0.400. The Balaban J connectivity index is 1.37. The minimum Gasteiger partial charge on any atom is -0.379 e. The topological polar surface area (TPSA) is 102 Å². The van der Waals surface area contributed by atoms with Crippen LogP contribution in [0, 0.1) is 0 Å². The molecule has 0 bridgehead atoms. The molecular weight excluding hydrogens is 448 g/mol. The van der Waals surface area contributed by atoms with Gasteiger partial charge in [-0.1, -0.05) is 30.7 Å². The van der Waals surface area contributed by atoms with Crippen LogP contribution >= 0.6 is 11.3 Å². The van der Waals surface area contributed by atoms with Crippen LogP contribution in [0.25, 0.3) is 10.2 Å². The minimum atomic E-state index is -0.554. The lowest BCUT2D eigenvalue weighted by Crippen LogP contribution is -2.36. The minimum absolute atomic E-state index is 0.183. The van der Waals surface area contributed by atoms with Crippen molar-refractivity contribution in [1.82, 2.24) is 24.8 Å². The molecule has 8 nitrogen and oxygen atoms in total. The predicted molar refractivity (Wildman–Crippen MR) is 136 cm³/mol. The number of nitrogens with one attached hydrogen (secondary N) is 2. The van der Waals surface area contributed by atoms with Gasteiger partial charge in [-0.15, -0.1) is 11.3 Å². The predicted octanol–water partition coefficient (Wildman–Crippen LogP) is 4.16. The number of aromatic nitrogens is 4. The number of nitrogens with zero attached hydrogens (tertiary/aromatic N) is 4. The van der Waals surface area contributed by atoms with Crippen LogP contribution in [0.1, 0.15) is 56.4 Å². The summed E-state index contributed by atoms with van der Waals surface area (Å²) in [6, 6.07) is 1.36. The molecule has 1 aliphatic rings. The lowest BCUT2D eigenvalue weighted by molar-refractivity contribution is -0.124. The van der Waals surface area contributed by atoms with Gasteiger partial charge in [0.2, 0.25) is 5.91 Å². The number of hydrogen-bond donors (Lipinski definition) is 2. The summed E-state index contributed by atoms with van der Waals surface area (Å²) in [5, 5.41) is 6.97. The molecule has 34 heavy (non-hydrogen) atoms. The van der Waals surface area contributed by atoms with E-state index in [1.165, 1.54) is 16.9 Å². The summed E-state index contributed by atoms with van der Waals surface area (Å²) in [5.74, 6) is 0.472. The molecule has 178 valence electrons. The van der Waals surface area contributed by atoms with E-state index in [-0.39, 0.29) is 11.5 Å². The molecular formula is C25H30N6O2S. The standard InChI is InChI=1S/C25H30N6O2S/c1-3-5-7-17(4-2)8-6-12-27-19-15-28-22-10-9-20(31(22)25(19)33)24(32)29-16-23-30-18-14-26-13-11-21(18)34-23/h4-5,7,11,13-15,20,27H,3,6,8-10,12,16H2,1-2H3,(H,29,32)/b7-5-,17-4+. The molecule has 4 heterocycles. The van der Waals surface area contributed by atoms with Crippen LogP contribution in [0.2, 0.25) is 0 Å². The smallest absolute Gasteiger partial charge is 0.277 e. The van der Waals surface area contributed by atoms with E-state index in [1.54, 1.807) is 23.2 Å². The van der Waals surface area contributed by atoms with Crippen molar-refractivity contribution in [1.29, 1.82) is 0 Å². The summed E-state index contributed by atoms with van der Waals surface area (Å²) in [6.45, 7) is 5.14. The van der Waals surface area contributed by atoms with Gasteiger partial charge < -0.3 is 10.6 Å². The summed E-state index contributed by atoms with van der Waals surface area (Å²) in [7, 11) is 0. The molecule has 1 amide bonds. The summed E-state index contributed by atoms with van der Waals surface area (Å²) in [4.78, 5) is 39.1. The number of carbonyl (C=O) groups is 1. The molecule has 0 fully saturated rings. The summed E-state index contributed by atoms with van der Waals surface area (Å²) in [6.07, 6.45) is 15.5. The summed E-state index contributed by atoms with van der Waals surface area (Å²) >= 11 is 1.53. The van der Waals surface area contributed by atoms with Crippen molar-refractivity contribution < 1.29 is 4.79 Å². The van der Waals surface area contributed by atoms with E-state index in [2.05, 4.69) is 50.7 Å². The molecule has 4 rings (SSSR count). The molecule has 1 unspecified atom stereocenters. The zero-order chi connectivity index (χ0) is 23.9. The fourth-order valence-electron chi connectivity index (χ4n) is 4.07. The SMILES string of the molecule is C/C=C(\C=C/CC)CCCNc1cnc2n(c1=O)C(C(=O)NCc1nc3cnccc3s1)CC2. The number of pyridine rings is 1. The van der Waals surface area contributed by atoms with Gasteiger partial charge >= 0.3 is 0 Å². The van der Waals surface area contributed by atoms with E-state index in [1.807, 2.05) is 13.0 Å². The summed E-state index contributed by atoms with van der Waals surface area (Å²) < 4.78 is 2.57. The van der Waals surface area contributed by atoms with E-state index >= 15 is 0 Å². The number of aryl methyl sites for hydroxylation is 1. The second-order valence-electron chi connectivity index (χ2n) is 8.19. The van der Waals surface area contributed by atoms with E-state index < -0.39 is 6.04 Å². The first-order valence-electron chi connectivity index (χ1n) is 11.7. The zero-order valence-electron chi connectivity index (χ0n) is 19.6. The molecule has 0 aliphatic carbocycles. The normalized spacial score (nSPS) is 15.7. The van der Waals surface area contributed by atoms with Gasteiger partial charge in [0.1, 0.15) is 22.6 Å². The van der Waals surface area contributed by atoms with Crippen LogP contribution < -0.4 is 16.2 Å². The highest BCUT2D eigenvalue weighted by Crippen LogP contribution is 2.24. The first-order valence-corrected chi connectivity index (χ1v) is 12.6. The van der Waals surface area contributed by atoms with Gasteiger partial charge in [-0.25, -0.2) is 9.97 Å².